The maximum atomic E-state index is 11.9. The van der Waals surface area contributed by atoms with E-state index in [1.165, 1.54) is 17.2 Å². The van der Waals surface area contributed by atoms with Crippen LogP contribution in [-0.4, -0.2) is 63.0 Å². The molecule has 0 aromatic rings. The smallest absolute Gasteiger partial charge is 0.301 e. The molecule has 0 saturated carbocycles. The lowest BCUT2D eigenvalue weighted by Crippen LogP contribution is -2.40. The van der Waals surface area contributed by atoms with Crippen molar-refractivity contribution in [2.75, 3.05) is 33.4 Å². The quantitative estimate of drug-likeness (QED) is 0.428. The molecule has 1 heterocycles. The molecule has 1 aliphatic heterocycles. The highest BCUT2D eigenvalue weighted by Crippen LogP contribution is 1.99. The Balaban J connectivity index is 2.53. The van der Waals surface area contributed by atoms with Gasteiger partial charge in [-0.25, -0.2) is 0 Å². The Morgan fingerprint density at radius 2 is 1.85 bits per heavy atom. The van der Waals surface area contributed by atoms with E-state index in [1.807, 2.05) is 0 Å². The molecule has 6 heteroatoms. The van der Waals surface area contributed by atoms with Crippen LogP contribution < -0.4 is 0 Å². The summed E-state index contributed by atoms with van der Waals surface area (Å²) in [6.07, 6.45) is 2.87. The van der Waals surface area contributed by atoms with Crippen LogP contribution in [0, 0.1) is 11.5 Å². The molecule has 0 radical (unpaired) electrons. The zero-order valence-corrected chi connectivity index (χ0v) is 13.6. The van der Waals surface area contributed by atoms with Gasteiger partial charge < -0.3 is 14.5 Å². The minimum atomic E-state index is -1.56. The highest BCUT2D eigenvalue weighted by molar-refractivity contribution is 6.84. The van der Waals surface area contributed by atoms with E-state index in [-0.39, 0.29) is 11.8 Å². The first-order valence-corrected chi connectivity index (χ1v) is 10.1. The molecular weight excluding hydrogens is 272 g/mol. The molecule has 1 saturated heterocycles. The van der Waals surface area contributed by atoms with Gasteiger partial charge >= 0.3 is 5.91 Å². The molecule has 0 spiro atoms. The zero-order valence-electron chi connectivity index (χ0n) is 12.6. The van der Waals surface area contributed by atoms with Crippen molar-refractivity contribution in [2.45, 2.75) is 19.6 Å². The Morgan fingerprint density at radius 3 is 2.40 bits per heavy atom. The topological polar surface area (TPSA) is 49.9 Å². The highest BCUT2D eigenvalue weighted by Gasteiger charge is 2.14. The van der Waals surface area contributed by atoms with Gasteiger partial charge in [0.15, 0.2) is 0 Å². The number of carbonyl (C=O) groups excluding carboxylic acids is 2. The van der Waals surface area contributed by atoms with Crippen molar-refractivity contribution in [3.8, 4) is 11.5 Å². The van der Waals surface area contributed by atoms with E-state index in [1.54, 1.807) is 11.9 Å². The van der Waals surface area contributed by atoms with Crippen LogP contribution >= 0.6 is 0 Å². The summed E-state index contributed by atoms with van der Waals surface area (Å²) in [7, 11) is 0.0423. The van der Waals surface area contributed by atoms with Gasteiger partial charge in [0.25, 0.3) is 0 Å². The second kappa shape index (κ2) is 7.27. The Kier molecular flexibility index (Phi) is 5.98. The van der Waals surface area contributed by atoms with E-state index in [4.69, 9.17) is 4.74 Å². The Labute approximate surface area is 121 Å². The molecule has 2 amide bonds. The van der Waals surface area contributed by atoms with Gasteiger partial charge in [0.05, 0.1) is 13.2 Å². The number of amides is 2. The number of ether oxygens (including phenoxy) is 1. The highest BCUT2D eigenvalue weighted by atomic mass is 28.3. The summed E-state index contributed by atoms with van der Waals surface area (Å²) in [6.45, 7) is 8.54. The fraction of sp³-hybridized carbons (Fsp3) is 0.571. The average Bonchev–Trinajstić information content (AvgIpc) is 2.41. The summed E-state index contributed by atoms with van der Waals surface area (Å²) in [5, 5.41) is 0. The maximum absolute atomic E-state index is 11.9. The van der Waals surface area contributed by atoms with Crippen molar-refractivity contribution in [3.63, 3.8) is 0 Å². The van der Waals surface area contributed by atoms with E-state index >= 15 is 0 Å². The molecule has 0 N–H and O–H groups in total. The molecule has 20 heavy (non-hydrogen) atoms. The van der Waals surface area contributed by atoms with Crippen LogP contribution in [-0.2, 0) is 14.3 Å². The molecule has 5 nitrogen and oxygen atoms in total. The summed E-state index contributed by atoms with van der Waals surface area (Å²) in [5.74, 6) is 2.23. The van der Waals surface area contributed by atoms with Gasteiger partial charge in [-0.05, 0) is 5.92 Å². The number of carbonyl (C=O) groups is 2. The molecule has 110 valence electrons. The predicted octanol–water partition coefficient (Wildman–Crippen LogP) is 0.698. The number of hydrogen-bond donors (Lipinski definition) is 0. The summed E-state index contributed by atoms with van der Waals surface area (Å²) >= 11 is 0. The molecule has 0 aromatic heterocycles. The summed E-state index contributed by atoms with van der Waals surface area (Å²) < 4.78 is 5.18. The largest absolute Gasteiger partial charge is 0.378 e. The molecule has 0 unspecified atom stereocenters. The molecule has 0 atom stereocenters. The molecular formula is C14H22N2O3Si. The van der Waals surface area contributed by atoms with Crippen molar-refractivity contribution in [3.05, 3.63) is 12.3 Å². The van der Waals surface area contributed by atoms with E-state index in [9.17, 15) is 9.59 Å². The second-order valence-corrected chi connectivity index (χ2v) is 10.4. The van der Waals surface area contributed by atoms with Crippen molar-refractivity contribution < 1.29 is 14.3 Å². The number of hydrogen-bond acceptors (Lipinski definition) is 3. The first-order chi connectivity index (χ1) is 9.29. The molecule has 1 fully saturated rings. The van der Waals surface area contributed by atoms with Crippen LogP contribution in [0.5, 0.6) is 0 Å². The molecule has 0 aliphatic carbocycles. The van der Waals surface area contributed by atoms with Gasteiger partial charge in [0, 0.05) is 32.4 Å². The lowest BCUT2D eigenvalue weighted by Gasteiger charge is -2.25. The fourth-order valence-corrected chi connectivity index (χ4v) is 1.94. The summed E-state index contributed by atoms with van der Waals surface area (Å²) in [5.41, 5.74) is 3.01. The van der Waals surface area contributed by atoms with Gasteiger partial charge in [-0.3, -0.25) is 9.59 Å². The maximum Gasteiger partial charge on any atom is 0.301 e. The predicted molar refractivity (Wildman–Crippen MR) is 80.4 cm³/mol. The van der Waals surface area contributed by atoms with Crippen molar-refractivity contribution in [1.29, 1.82) is 0 Å². The van der Waals surface area contributed by atoms with E-state index in [2.05, 4.69) is 31.1 Å². The average molecular weight is 294 g/mol. The van der Waals surface area contributed by atoms with Crippen LogP contribution in [0.4, 0.5) is 0 Å². The Hall–Kier alpha value is -1.58. The van der Waals surface area contributed by atoms with E-state index in [0.29, 0.717) is 26.3 Å². The van der Waals surface area contributed by atoms with Crippen LogP contribution in [0.2, 0.25) is 19.6 Å². The van der Waals surface area contributed by atoms with Gasteiger partial charge in [-0.15, -0.1) is 5.54 Å². The summed E-state index contributed by atoms with van der Waals surface area (Å²) in [4.78, 5) is 26.7. The van der Waals surface area contributed by atoms with Gasteiger partial charge in [0.1, 0.15) is 8.07 Å². The first kappa shape index (κ1) is 16.5. The second-order valence-electron chi connectivity index (χ2n) is 5.67. The molecule has 0 aromatic carbocycles. The van der Waals surface area contributed by atoms with Crippen LogP contribution in [0.15, 0.2) is 12.3 Å². The number of rotatable bonds is 2. The number of nitrogens with zero attached hydrogens (tertiary/aromatic N) is 2. The van der Waals surface area contributed by atoms with Crippen LogP contribution in [0.1, 0.15) is 0 Å². The molecule has 1 aliphatic rings. The monoisotopic (exact) mass is 294 g/mol. The molecule has 1 rings (SSSR count). The SMILES string of the molecule is CN(/C=C/C(=O)N1CCOCC1)C(=O)C#C[Si](C)(C)C. The first-order valence-electron chi connectivity index (χ1n) is 6.64. The van der Waals surface area contributed by atoms with E-state index in [0.717, 1.165) is 0 Å². The normalized spacial score (nSPS) is 15.7. The van der Waals surface area contributed by atoms with Gasteiger partial charge in [-0.2, -0.15) is 0 Å². The third kappa shape index (κ3) is 6.04. The van der Waals surface area contributed by atoms with Crippen LogP contribution in [0.25, 0.3) is 0 Å². The number of morpholine rings is 1. The van der Waals surface area contributed by atoms with Crippen molar-refractivity contribution >= 4 is 19.9 Å². The van der Waals surface area contributed by atoms with Crippen molar-refractivity contribution in [1.82, 2.24) is 9.80 Å². The third-order valence-corrected chi connectivity index (χ3v) is 3.50. The lowest BCUT2D eigenvalue weighted by atomic mass is 10.4. The lowest BCUT2D eigenvalue weighted by molar-refractivity contribution is -0.130. The fourth-order valence-electron chi connectivity index (χ4n) is 1.46. The Bertz CT molecular complexity index is 451. The minimum absolute atomic E-state index is 0.105. The van der Waals surface area contributed by atoms with Gasteiger partial charge in [-0.1, -0.05) is 19.6 Å². The summed E-state index contributed by atoms with van der Waals surface area (Å²) in [6, 6.07) is 0. The standard InChI is InChI=1S/C14H22N2O3Si/c1-15(13(17)6-12-20(2,3)4)7-5-14(18)16-8-10-19-11-9-16/h5,7H,8-11H2,1-4H3/b7-5+. The van der Waals surface area contributed by atoms with Crippen molar-refractivity contribution in [2.24, 2.45) is 0 Å². The van der Waals surface area contributed by atoms with E-state index < -0.39 is 8.07 Å². The molecule has 0 bridgehead atoms. The van der Waals surface area contributed by atoms with Crippen LogP contribution in [0.3, 0.4) is 0 Å². The zero-order chi connectivity index (χ0) is 15.2. The Morgan fingerprint density at radius 1 is 1.25 bits per heavy atom. The third-order valence-electron chi connectivity index (χ3n) is 2.63. The van der Waals surface area contributed by atoms with Gasteiger partial charge in [0.2, 0.25) is 5.91 Å². The minimum Gasteiger partial charge on any atom is -0.378 e.